The maximum atomic E-state index is 13.4. The fraction of sp³-hybridized carbons (Fsp3) is 0.500. The lowest BCUT2D eigenvalue weighted by Gasteiger charge is -2.31. The second-order valence-corrected chi connectivity index (χ2v) is 4.61. The fourth-order valence-electron chi connectivity index (χ4n) is 2.28. The highest BCUT2D eigenvalue weighted by Crippen LogP contribution is 2.30. The number of benzene rings is 1. The van der Waals surface area contributed by atoms with Crippen molar-refractivity contribution >= 4 is 12.0 Å². The van der Waals surface area contributed by atoms with Gasteiger partial charge in [-0.3, -0.25) is 0 Å². The van der Waals surface area contributed by atoms with Gasteiger partial charge >= 0.3 is 0 Å². The first-order chi connectivity index (χ1) is 8.72. The molecule has 0 aromatic heterocycles. The van der Waals surface area contributed by atoms with E-state index in [0.717, 1.165) is 30.6 Å². The van der Waals surface area contributed by atoms with E-state index in [2.05, 4.69) is 4.90 Å². The molecule has 0 spiro atoms. The van der Waals surface area contributed by atoms with Gasteiger partial charge < -0.3 is 14.4 Å². The van der Waals surface area contributed by atoms with Crippen LogP contribution in [0.4, 0.5) is 10.1 Å². The summed E-state index contributed by atoms with van der Waals surface area (Å²) in [7, 11) is 0. The number of rotatable bonds is 4. The van der Waals surface area contributed by atoms with Gasteiger partial charge in [0, 0.05) is 25.2 Å². The Kier molecular flexibility index (Phi) is 4.31. The molecule has 1 fully saturated rings. The molecule has 1 unspecified atom stereocenters. The van der Waals surface area contributed by atoms with E-state index >= 15 is 0 Å². The van der Waals surface area contributed by atoms with Crippen LogP contribution in [0.1, 0.15) is 24.8 Å². The van der Waals surface area contributed by atoms with E-state index in [9.17, 15) is 9.18 Å². The molecule has 0 aliphatic carbocycles. The molecule has 1 aliphatic rings. The first kappa shape index (κ1) is 13.0. The summed E-state index contributed by atoms with van der Waals surface area (Å²) < 4.78 is 18.7. The molecular formula is C14H18FNO2. The summed E-state index contributed by atoms with van der Waals surface area (Å²) in [4.78, 5) is 12.8. The molecule has 1 heterocycles. The van der Waals surface area contributed by atoms with E-state index in [0.29, 0.717) is 19.6 Å². The van der Waals surface area contributed by atoms with Crippen molar-refractivity contribution < 1.29 is 13.9 Å². The molecule has 0 saturated carbocycles. The van der Waals surface area contributed by atoms with Gasteiger partial charge in [-0.2, -0.15) is 0 Å². The van der Waals surface area contributed by atoms with Crippen molar-refractivity contribution in [3.8, 4) is 0 Å². The largest absolute Gasteiger partial charge is 0.378 e. The minimum absolute atomic E-state index is 0.0380. The van der Waals surface area contributed by atoms with Crippen molar-refractivity contribution in [2.75, 3.05) is 31.2 Å². The van der Waals surface area contributed by atoms with Crippen molar-refractivity contribution in [2.24, 2.45) is 0 Å². The summed E-state index contributed by atoms with van der Waals surface area (Å²) in [5.74, 6) is -0.212. The van der Waals surface area contributed by atoms with Crippen LogP contribution in [0.5, 0.6) is 0 Å². The van der Waals surface area contributed by atoms with E-state index in [1.807, 2.05) is 6.92 Å². The summed E-state index contributed by atoms with van der Waals surface area (Å²) in [5.41, 5.74) is 1.93. The highest BCUT2D eigenvalue weighted by Gasteiger charge is 2.18. The average Bonchev–Trinajstić information content (AvgIpc) is 2.40. The molecule has 1 aromatic carbocycles. The maximum absolute atomic E-state index is 13.4. The monoisotopic (exact) mass is 251 g/mol. The van der Waals surface area contributed by atoms with Gasteiger partial charge in [0.15, 0.2) is 0 Å². The zero-order chi connectivity index (χ0) is 13.0. The molecule has 1 aliphatic heterocycles. The number of halogens is 1. The quantitative estimate of drug-likeness (QED) is 0.769. The topological polar surface area (TPSA) is 29.5 Å². The van der Waals surface area contributed by atoms with Crippen molar-refractivity contribution in [3.05, 3.63) is 29.6 Å². The van der Waals surface area contributed by atoms with Gasteiger partial charge in [0.25, 0.3) is 0 Å². The molecule has 0 radical (unpaired) electrons. The summed E-state index contributed by atoms with van der Waals surface area (Å²) in [6, 6.07) is 4.82. The Bertz CT molecular complexity index is 416. The molecule has 3 nitrogen and oxygen atoms in total. The lowest BCUT2D eigenvalue weighted by molar-refractivity contribution is -0.108. The minimum atomic E-state index is -0.250. The lowest BCUT2D eigenvalue weighted by Crippen LogP contribution is -2.37. The molecule has 1 aromatic rings. The highest BCUT2D eigenvalue weighted by atomic mass is 19.1. The van der Waals surface area contributed by atoms with E-state index in [-0.39, 0.29) is 11.7 Å². The second-order valence-electron chi connectivity index (χ2n) is 4.61. The van der Waals surface area contributed by atoms with Crippen LogP contribution in [0.25, 0.3) is 0 Å². The molecule has 18 heavy (non-hydrogen) atoms. The number of morpholine rings is 1. The molecular weight excluding hydrogens is 233 g/mol. The molecule has 98 valence electrons. The summed E-state index contributed by atoms with van der Waals surface area (Å²) >= 11 is 0. The third-order valence-electron chi connectivity index (χ3n) is 3.32. The van der Waals surface area contributed by atoms with E-state index in [1.165, 1.54) is 6.07 Å². The molecule has 1 saturated heterocycles. The van der Waals surface area contributed by atoms with E-state index < -0.39 is 0 Å². The zero-order valence-electron chi connectivity index (χ0n) is 10.6. The third kappa shape index (κ3) is 2.88. The van der Waals surface area contributed by atoms with Crippen LogP contribution in [-0.2, 0) is 9.53 Å². The van der Waals surface area contributed by atoms with Gasteiger partial charge in [-0.05, 0) is 29.7 Å². The van der Waals surface area contributed by atoms with Crippen LogP contribution in [0.2, 0.25) is 0 Å². The number of carbonyl (C=O) groups is 1. The lowest BCUT2D eigenvalue weighted by atomic mass is 9.95. The average molecular weight is 251 g/mol. The molecule has 0 amide bonds. The van der Waals surface area contributed by atoms with Crippen molar-refractivity contribution in [1.82, 2.24) is 0 Å². The van der Waals surface area contributed by atoms with E-state index in [4.69, 9.17) is 4.74 Å². The number of hydrogen-bond donors (Lipinski definition) is 0. The smallest absolute Gasteiger partial charge is 0.123 e. The van der Waals surface area contributed by atoms with Gasteiger partial charge in [0.05, 0.1) is 13.2 Å². The Morgan fingerprint density at radius 1 is 1.44 bits per heavy atom. The minimum Gasteiger partial charge on any atom is -0.378 e. The van der Waals surface area contributed by atoms with Crippen molar-refractivity contribution in [3.63, 3.8) is 0 Å². The second kappa shape index (κ2) is 5.96. The Labute approximate surface area is 107 Å². The maximum Gasteiger partial charge on any atom is 0.123 e. The predicted molar refractivity (Wildman–Crippen MR) is 68.5 cm³/mol. The van der Waals surface area contributed by atoms with Crippen LogP contribution < -0.4 is 4.90 Å². The molecule has 4 heteroatoms. The number of hydrogen-bond acceptors (Lipinski definition) is 3. The molecule has 1 atom stereocenters. The number of aldehydes is 1. The van der Waals surface area contributed by atoms with Crippen molar-refractivity contribution in [1.29, 1.82) is 0 Å². The summed E-state index contributed by atoms with van der Waals surface area (Å²) in [5, 5.41) is 0. The first-order valence-corrected chi connectivity index (χ1v) is 6.28. The highest BCUT2D eigenvalue weighted by molar-refractivity contribution is 5.59. The van der Waals surface area contributed by atoms with Crippen LogP contribution in [0, 0.1) is 5.82 Å². The van der Waals surface area contributed by atoms with Crippen LogP contribution in [0.3, 0.4) is 0 Å². The molecule has 0 N–H and O–H groups in total. The SMILES string of the molecule is CC(CC=O)c1cc(F)ccc1N1CCOCC1. The number of anilines is 1. The van der Waals surface area contributed by atoms with Crippen LogP contribution in [-0.4, -0.2) is 32.6 Å². The Morgan fingerprint density at radius 2 is 2.17 bits per heavy atom. The van der Waals surface area contributed by atoms with Crippen LogP contribution in [0.15, 0.2) is 18.2 Å². The fourth-order valence-corrected chi connectivity index (χ4v) is 2.28. The predicted octanol–water partition coefficient (Wildman–Crippen LogP) is 2.35. The normalized spacial score (nSPS) is 17.6. The Balaban J connectivity index is 2.29. The van der Waals surface area contributed by atoms with Gasteiger partial charge in [0.1, 0.15) is 12.1 Å². The zero-order valence-corrected chi connectivity index (χ0v) is 10.6. The van der Waals surface area contributed by atoms with Gasteiger partial charge in [-0.1, -0.05) is 6.92 Å². The standard InChI is InChI=1S/C14H18FNO2/c1-11(4-7-17)13-10-12(15)2-3-14(13)16-5-8-18-9-6-16/h2-3,7,10-11H,4-6,8-9H2,1H3. The number of nitrogens with zero attached hydrogens (tertiary/aromatic N) is 1. The number of ether oxygens (including phenoxy) is 1. The first-order valence-electron chi connectivity index (χ1n) is 6.28. The van der Waals surface area contributed by atoms with Gasteiger partial charge in [-0.15, -0.1) is 0 Å². The Morgan fingerprint density at radius 3 is 2.83 bits per heavy atom. The molecule has 0 bridgehead atoms. The molecule has 2 rings (SSSR count). The van der Waals surface area contributed by atoms with Crippen molar-refractivity contribution in [2.45, 2.75) is 19.3 Å². The van der Waals surface area contributed by atoms with E-state index in [1.54, 1.807) is 12.1 Å². The number of carbonyl (C=O) groups excluding carboxylic acids is 1. The summed E-state index contributed by atoms with van der Waals surface area (Å²) in [6.45, 7) is 4.96. The van der Waals surface area contributed by atoms with Gasteiger partial charge in [0.2, 0.25) is 0 Å². The summed E-state index contributed by atoms with van der Waals surface area (Å²) in [6.07, 6.45) is 1.31. The third-order valence-corrected chi connectivity index (χ3v) is 3.32. The Hall–Kier alpha value is -1.42. The van der Waals surface area contributed by atoms with Gasteiger partial charge in [-0.25, -0.2) is 4.39 Å². The van der Waals surface area contributed by atoms with Crippen LogP contribution >= 0.6 is 0 Å².